The maximum Gasteiger partial charge on any atom is 0.259 e. The number of likely N-dealkylation sites (N-methyl/N-ethyl adjacent to an activating group) is 1. The van der Waals surface area contributed by atoms with E-state index in [9.17, 15) is 9.90 Å². The molecule has 3 rings (SSSR count). The average Bonchev–Trinajstić information content (AvgIpc) is 3.02. The Morgan fingerprint density at radius 3 is 2.96 bits per heavy atom. The van der Waals surface area contributed by atoms with E-state index in [0.717, 1.165) is 18.8 Å². The summed E-state index contributed by atoms with van der Waals surface area (Å²) in [4.78, 5) is 20.9. The summed E-state index contributed by atoms with van der Waals surface area (Å²) >= 11 is 0. The van der Waals surface area contributed by atoms with Gasteiger partial charge in [0.05, 0.1) is 17.8 Å². The van der Waals surface area contributed by atoms with Gasteiger partial charge < -0.3 is 19.4 Å². The fraction of sp³-hybridized carbons (Fsp3) is 0.526. The molecular formula is C19H26N4O3. The Morgan fingerprint density at radius 2 is 2.27 bits per heavy atom. The number of hydrogen-bond acceptors (Lipinski definition) is 6. The van der Waals surface area contributed by atoms with Crippen LogP contribution < -0.4 is 4.90 Å². The number of nitrogens with zero attached hydrogens (tertiary/aromatic N) is 4. The highest BCUT2D eigenvalue weighted by Gasteiger charge is 2.36. The second kappa shape index (κ2) is 7.45. The summed E-state index contributed by atoms with van der Waals surface area (Å²) in [5.74, 6) is 1.20. The zero-order chi connectivity index (χ0) is 18.7. The van der Waals surface area contributed by atoms with Crippen LogP contribution in [0.25, 0.3) is 0 Å². The monoisotopic (exact) mass is 358 g/mol. The van der Waals surface area contributed by atoms with Gasteiger partial charge in [0.1, 0.15) is 17.1 Å². The van der Waals surface area contributed by atoms with Crippen molar-refractivity contribution < 1.29 is 14.4 Å². The predicted molar refractivity (Wildman–Crippen MR) is 98.2 cm³/mol. The Morgan fingerprint density at radius 1 is 1.46 bits per heavy atom. The molecule has 140 valence electrons. The van der Waals surface area contributed by atoms with Gasteiger partial charge in [-0.2, -0.15) is 0 Å². The molecule has 0 saturated carbocycles. The molecule has 1 fully saturated rings. The molecule has 1 aliphatic rings. The molecule has 0 spiro atoms. The van der Waals surface area contributed by atoms with E-state index in [1.54, 1.807) is 25.1 Å². The summed E-state index contributed by atoms with van der Waals surface area (Å²) in [6.07, 6.45) is 3.88. The molecule has 1 N–H and O–H groups in total. The van der Waals surface area contributed by atoms with E-state index in [0.29, 0.717) is 36.4 Å². The Balaban J connectivity index is 1.72. The van der Waals surface area contributed by atoms with Gasteiger partial charge >= 0.3 is 0 Å². The van der Waals surface area contributed by atoms with Crippen LogP contribution in [0.15, 0.2) is 28.9 Å². The number of hydrogen-bond donors (Lipinski definition) is 1. The Bertz CT molecular complexity index is 761. The highest BCUT2D eigenvalue weighted by Crippen LogP contribution is 2.26. The minimum atomic E-state index is -0.975. The van der Waals surface area contributed by atoms with Crippen molar-refractivity contribution in [3.8, 4) is 0 Å². The van der Waals surface area contributed by atoms with Crippen LogP contribution in [0.5, 0.6) is 0 Å². The van der Waals surface area contributed by atoms with Gasteiger partial charge in [0.25, 0.3) is 5.91 Å². The maximum atomic E-state index is 12.9. The zero-order valence-electron chi connectivity index (χ0n) is 15.6. The molecule has 0 radical (unpaired) electrons. The standard InChI is InChI=1S/C19H26N4O3/c1-4-15-17(14(2)26-21-15)18(24)22(3)12-19(25)9-7-11-23(13-19)16-8-5-6-10-20-16/h5-6,8,10,25H,4,7,9,11-13H2,1-3H3/t19-/m0/s1. The van der Waals surface area contributed by atoms with Crippen LogP contribution in [-0.2, 0) is 6.42 Å². The summed E-state index contributed by atoms with van der Waals surface area (Å²) in [6, 6.07) is 5.75. The summed E-state index contributed by atoms with van der Waals surface area (Å²) < 4.78 is 5.17. The number of carbonyl (C=O) groups is 1. The van der Waals surface area contributed by atoms with Crippen LogP contribution in [0.4, 0.5) is 5.82 Å². The van der Waals surface area contributed by atoms with E-state index in [1.807, 2.05) is 25.1 Å². The third kappa shape index (κ3) is 3.72. The molecule has 2 aromatic rings. The zero-order valence-corrected chi connectivity index (χ0v) is 15.6. The molecule has 7 heteroatoms. The number of anilines is 1. The molecule has 1 atom stereocenters. The van der Waals surface area contributed by atoms with Crippen molar-refractivity contribution in [2.45, 2.75) is 38.7 Å². The van der Waals surface area contributed by atoms with Gasteiger partial charge in [0, 0.05) is 26.3 Å². The molecule has 1 amide bonds. The molecule has 0 bridgehead atoms. The fourth-order valence-electron chi connectivity index (χ4n) is 3.62. The highest BCUT2D eigenvalue weighted by atomic mass is 16.5. The Kier molecular flexibility index (Phi) is 5.27. The van der Waals surface area contributed by atoms with E-state index in [2.05, 4.69) is 15.0 Å². The van der Waals surface area contributed by atoms with Crippen LogP contribution in [0.1, 0.15) is 41.6 Å². The minimum Gasteiger partial charge on any atom is -0.386 e. The summed E-state index contributed by atoms with van der Waals surface area (Å²) in [5, 5.41) is 15.1. The quantitative estimate of drug-likeness (QED) is 0.881. The van der Waals surface area contributed by atoms with E-state index in [4.69, 9.17) is 4.52 Å². The highest BCUT2D eigenvalue weighted by molar-refractivity contribution is 5.96. The van der Waals surface area contributed by atoms with Gasteiger partial charge in [-0.05, 0) is 38.3 Å². The van der Waals surface area contributed by atoms with Gasteiger partial charge in [-0.15, -0.1) is 0 Å². The van der Waals surface area contributed by atoms with E-state index in [1.165, 1.54) is 0 Å². The van der Waals surface area contributed by atoms with E-state index in [-0.39, 0.29) is 12.5 Å². The van der Waals surface area contributed by atoms with Crippen molar-refractivity contribution in [3.05, 3.63) is 41.4 Å². The SMILES string of the molecule is CCc1noc(C)c1C(=O)N(C)C[C@@]1(O)CCCN(c2ccccn2)C1. The van der Waals surface area contributed by atoms with Crippen molar-refractivity contribution in [3.63, 3.8) is 0 Å². The number of pyridine rings is 1. The van der Waals surface area contributed by atoms with Crippen LogP contribution in [0.3, 0.4) is 0 Å². The number of piperidine rings is 1. The first-order valence-electron chi connectivity index (χ1n) is 9.02. The van der Waals surface area contributed by atoms with Crippen LogP contribution in [-0.4, -0.2) is 58.3 Å². The van der Waals surface area contributed by atoms with E-state index < -0.39 is 5.60 Å². The summed E-state index contributed by atoms with van der Waals surface area (Å²) in [6.45, 7) is 5.23. The van der Waals surface area contributed by atoms with Crippen LogP contribution in [0.2, 0.25) is 0 Å². The number of rotatable bonds is 5. The van der Waals surface area contributed by atoms with Crippen LogP contribution >= 0.6 is 0 Å². The van der Waals surface area contributed by atoms with Gasteiger partial charge in [-0.1, -0.05) is 18.1 Å². The second-order valence-corrected chi connectivity index (χ2v) is 7.01. The molecule has 0 aromatic carbocycles. The van der Waals surface area contributed by atoms with Crippen molar-refractivity contribution >= 4 is 11.7 Å². The first-order valence-corrected chi connectivity index (χ1v) is 9.02. The Labute approximate surface area is 153 Å². The molecule has 1 aliphatic heterocycles. The predicted octanol–water partition coefficient (Wildman–Crippen LogP) is 2.04. The van der Waals surface area contributed by atoms with Gasteiger partial charge in [-0.25, -0.2) is 4.98 Å². The lowest BCUT2D eigenvalue weighted by atomic mass is 9.92. The van der Waals surface area contributed by atoms with Crippen molar-refractivity contribution in [1.29, 1.82) is 0 Å². The number of carbonyl (C=O) groups excluding carboxylic acids is 1. The van der Waals surface area contributed by atoms with Gasteiger partial charge in [0.15, 0.2) is 0 Å². The topological polar surface area (TPSA) is 82.7 Å². The first kappa shape index (κ1) is 18.4. The second-order valence-electron chi connectivity index (χ2n) is 7.01. The van der Waals surface area contributed by atoms with Crippen LogP contribution in [0, 0.1) is 6.92 Å². The third-order valence-corrected chi connectivity index (χ3v) is 4.89. The lowest BCUT2D eigenvalue weighted by Gasteiger charge is -2.41. The molecule has 1 saturated heterocycles. The summed E-state index contributed by atoms with van der Waals surface area (Å²) in [7, 11) is 1.71. The molecule has 7 nitrogen and oxygen atoms in total. The average molecular weight is 358 g/mol. The molecular weight excluding hydrogens is 332 g/mol. The van der Waals surface area contributed by atoms with Gasteiger partial charge in [-0.3, -0.25) is 4.79 Å². The Hall–Kier alpha value is -2.41. The molecule has 0 unspecified atom stereocenters. The molecule has 0 aliphatic carbocycles. The molecule has 2 aromatic heterocycles. The van der Waals surface area contributed by atoms with Crippen molar-refractivity contribution in [2.75, 3.05) is 31.6 Å². The van der Waals surface area contributed by atoms with Crippen molar-refractivity contribution in [1.82, 2.24) is 15.0 Å². The number of aryl methyl sites for hydroxylation is 2. The number of β-amino-alcohol motifs (C(OH)–C–C–N with tert-alkyl or cyclic N) is 1. The molecule has 3 heterocycles. The van der Waals surface area contributed by atoms with E-state index >= 15 is 0 Å². The van der Waals surface area contributed by atoms with Gasteiger partial charge in [0.2, 0.25) is 0 Å². The normalized spacial score (nSPS) is 20.2. The lowest BCUT2D eigenvalue weighted by molar-refractivity contribution is -0.000208. The number of amides is 1. The first-order chi connectivity index (χ1) is 12.4. The fourth-order valence-corrected chi connectivity index (χ4v) is 3.62. The number of aliphatic hydroxyl groups is 1. The molecule has 26 heavy (non-hydrogen) atoms. The third-order valence-electron chi connectivity index (χ3n) is 4.89. The smallest absolute Gasteiger partial charge is 0.259 e. The maximum absolute atomic E-state index is 12.9. The lowest BCUT2D eigenvalue weighted by Crippen LogP contribution is -2.55. The largest absolute Gasteiger partial charge is 0.386 e. The summed E-state index contributed by atoms with van der Waals surface area (Å²) in [5.41, 5.74) is 0.193. The van der Waals surface area contributed by atoms with Crippen molar-refractivity contribution in [2.24, 2.45) is 0 Å². The number of aromatic nitrogens is 2. The minimum absolute atomic E-state index is 0.163.